The fourth-order valence-corrected chi connectivity index (χ4v) is 3.93. The van der Waals surface area contributed by atoms with Crippen LogP contribution in [0.25, 0.3) is 16.6 Å². The van der Waals surface area contributed by atoms with Crippen molar-refractivity contribution in [3.8, 4) is 11.3 Å². The summed E-state index contributed by atoms with van der Waals surface area (Å²) < 4.78 is 0. The van der Waals surface area contributed by atoms with Crippen LogP contribution in [0.2, 0.25) is 0 Å². The van der Waals surface area contributed by atoms with Gasteiger partial charge in [0, 0.05) is 11.8 Å². The number of nitrogens with zero attached hydrogens (tertiary/aromatic N) is 1. The second-order valence-electron chi connectivity index (χ2n) is 5.78. The Labute approximate surface area is 155 Å². The number of aromatic nitrogens is 1. The van der Waals surface area contributed by atoms with E-state index in [1.165, 1.54) is 16.5 Å². The first-order valence-corrected chi connectivity index (χ1v) is 9.90. The van der Waals surface area contributed by atoms with Crippen LogP contribution in [0.3, 0.4) is 0 Å². The van der Waals surface area contributed by atoms with E-state index >= 15 is 0 Å². The Hall–Kier alpha value is -1.81. The lowest BCUT2D eigenvalue weighted by molar-refractivity contribution is 1.15. The van der Waals surface area contributed by atoms with Gasteiger partial charge in [-0.2, -0.15) is 0 Å². The average molecular weight is 365 g/mol. The predicted octanol–water partition coefficient (Wildman–Crippen LogP) is 6.32. The van der Waals surface area contributed by atoms with Crippen LogP contribution in [0.4, 0.5) is 0 Å². The first-order chi connectivity index (χ1) is 12.0. The zero-order chi connectivity index (χ0) is 18.2. The SMILES string of the molecule is C=C/C=C(\C=C(/C)PC(=C)c1ccc(-c2ncccc2P)cc1)CC. The summed E-state index contributed by atoms with van der Waals surface area (Å²) in [5, 5.41) is 3.60. The smallest absolute Gasteiger partial charge is 0.0773 e. The fraction of sp³-hybridized carbons (Fsp3) is 0.136. The Balaban J connectivity index is 2.13. The Morgan fingerprint density at radius 3 is 2.56 bits per heavy atom. The van der Waals surface area contributed by atoms with Crippen molar-refractivity contribution in [3.63, 3.8) is 0 Å². The monoisotopic (exact) mass is 365 g/mol. The molecule has 0 aliphatic carbocycles. The maximum Gasteiger partial charge on any atom is 0.0773 e. The van der Waals surface area contributed by atoms with Gasteiger partial charge in [0.1, 0.15) is 0 Å². The van der Waals surface area contributed by atoms with Gasteiger partial charge in [-0.25, -0.2) is 0 Å². The van der Waals surface area contributed by atoms with E-state index in [-0.39, 0.29) is 0 Å². The van der Waals surface area contributed by atoms with Gasteiger partial charge in [0.25, 0.3) is 0 Å². The molecule has 0 radical (unpaired) electrons. The first-order valence-electron chi connectivity index (χ1n) is 8.32. The number of rotatable bonds is 7. The molecule has 1 heterocycles. The zero-order valence-corrected chi connectivity index (χ0v) is 17.1. The summed E-state index contributed by atoms with van der Waals surface area (Å²) in [4.78, 5) is 4.47. The third-order valence-electron chi connectivity index (χ3n) is 3.84. The Morgan fingerprint density at radius 2 is 1.96 bits per heavy atom. The number of pyridine rings is 1. The highest BCUT2D eigenvalue weighted by Crippen LogP contribution is 2.39. The van der Waals surface area contributed by atoms with E-state index in [1.54, 1.807) is 0 Å². The zero-order valence-electron chi connectivity index (χ0n) is 14.9. The molecule has 0 aliphatic rings. The quantitative estimate of drug-likeness (QED) is 0.413. The third-order valence-corrected chi connectivity index (χ3v) is 5.43. The van der Waals surface area contributed by atoms with Gasteiger partial charge in [-0.1, -0.05) is 77.2 Å². The van der Waals surface area contributed by atoms with Crippen LogP contribution in [0.15, 0.2) is 84.9 Å². The molecule has 0 amide bonds. The average Bonchev–Trinajstić information content (AvgIpc) is 2.62. The maximum absolute atomic E-state index is 4.47. The molecule has 0 fully saturated rings. The second kappa shape index (κ2) is 9.62. The van der Waals surface area contributed by atoms with Crippen LogP contribution in [0.5, 0.6) is 0 Å². The molecular formula is C22H25NP2. The van der Waals surface area contributed by atoms with Crippen molar-refractivity contribution >= 4 is 28.4 Å². The van der Waals surface area contributed by atoms with Crippen molar-refractivity contribution in [3.05, 3.63) is 90.4 Å². The Morgan fingerprint density at radius 1 is 1.24 bits per heavy atom. The van der Waals surface area contributed by atoms with E-state index in [1.807, 2.05) is 18.3 Å². The molecule has 0 saturated heterocycles. The summed E-state index contributed by atoms with van der Waals surface area (Å²) in [5.41, 5.74) is 4.61. The number of benzene rings is 1. The van der Waals surface area contributed by atoms with Gasteiger partial charge in [-0.15, -0.1) is 9.24 Å². The van der Waals surface area contributed by atoms with Gasteiger partial charge in [-0.3, -0.25) is 4.98 Å². The molecule has 2 atom stereocenters. The Kier molecular flexibility index (Phi) is 7.51. The van der Waals surface area contributed by atoms with Gasteiger partial charge < -0.3 is 0 Å². The standard InChI is InChI=1S/C22H25NP2/c1-5-8-18(6-2)15-16(3)25-17(4)19-10-12-20(13-11-19)22-21(24)9-7-14-23-22/h5,7-15,25H,1,4,6,24H2,2-3H3/b16-15+,18-8-. The lowest BCUT2D eigenvalue weighted by Crippen LogP contribution is -1.98. The van der Waals surface area contributed by atoms with E-state index in [0.717, 1.165) is 28.3 Å². The molecule has 0 N–H and O–H groups in total. The van der Waals surface area contributed by atoms with E-state index in [9.17, 15) is 0 Å². The van der Waals surface area contributed by atoms with Crippen molar-refractivity contribution < 1.29 is 0 Å². The van der Waals surface area contributed by atoms with Crippen molar-refractivity contribution in [2.75, 3.05) is 0 Å². The molecule has 1 nitrogen and oxygen atoms in total. The van der Waals surface area contributed by atoms with Crippen LogP contribution < -0.4 is 5.30 Å². The molecule has 1 aromatic carbocycles. The van der Waals surface area contributed by atoms with E-state index in [0.29, 0.717) is 8.58 Å². The minimum atomic E-state index is 0.590. The van der Waals surface area contributed by atoms with Gasteiger partial charge in [-0.05, 0) is 46.5 Å². The summed E-state index contributed by atoms with van der Waals surface area (Å²) in [7, 11) is 3.33. The molecular weight excluding hydrogens is 340 g/mol. The van der Waals surface area contributed by atoms with Crippen LogP contribution in [0.1, 0.15) is 25.8 Å². The van der Waals surface area contributed by atoms with Crippen molar-refractivity contribution in [2.45, 2.75) is 20.3 Å². The summed E-state index contributed by atoms with van der Waals surface area (Å²) >= 11 is 0. The predicted molar refractivity (Wildman–Crippen MR) is 119 cm³/mol. The molecule has 2 rings (SSSR count). The summed E-state index contributed by atoms with van der Waals surface area (Å²) in [6.07, 6.45) is 8.99. The first kappa shape index (κ1) is 19.5. The van der Waals surface area contributed by atoms with Crippen molar-refractivity contribution in [1.82, 2.24) is 4.98 Å². The molecule has 128 valence electrons. The van der Waals surface area contributed by atoms with Crippen LogP contribution in [-0.2, 0) is 0 Å². The largest absolute Gasteiger partial charge is 0.256 e. The van der Waals surface area contributed by atoms with E-state index < -0.39 is 0 Å². The lowest BCUT2D eigenvalue weighted by Gasteiger charge is -2.09. The summed E-state index contributed by atoms with van der Waals surface area (Å²) in [6.45, 7) is 12.4. The summed E-state index contributed by atoms with van der Waals surface area (Å²) in [6, 6.07) is 12.5. The number of allylic oxidation sites excluding steroid dienone is 5. The van der Waals surface area contributed by atoms with Gasteiger partial charge in [0.05, 0.1) is 5.69 Å². The van der Waals surface area contributed by atoms with Crippen LogP contribution in [0, 0.1) is 0 Å². The minimum absolute atomic E-state index is 0.590. The van der Waals surface area contributed by atoms with Crippen molar-refractivity contribution in [1.29, 1.82) is 0 Å². The molecule has 0 bridgehead atoms. The molecule has 3 heteroatoms. The molecule has 0 saturated carbocycles. The van der Waals surface area contributed by atoms with Crippen LogP contribution in [-0.4, -0.2) is 4.98 Å². The van der Waals surface area contributed by atoms with Gasteiger partial charge >= 0.3 is 0 Å². The maximum atomic E-state index is 4.47. The number of hydrogen-bond acceptors (Lipinski definition) is 1. The second-order valence-corrected chi connectivity index (χ2v) is 8.04. The topological polar surface area (TPSA) is 12.9 Å². The highest BCUT2D eigenvalue weighted by atomic mass is 31.1. The summed E-state index contributed by atoms with van der Waals surface area (Å²) in [5.74, 6) is 0. The molecule has 0 aliphatic heterocycles. The van der Waals surface area contributed by atoms with Gasteiger partial charge in [0.2, 0.25) is 0 Å². The highest BCUT2D eigenvalue weighted by molar-refractivity contribution is 7.54. The minimum Gasteiger partial charge on any atom is -0.256 e. The number of hydrogen-bond donors (Lipinski definition) is 0. The van der Waals surface area contributed by atoms with Crippen molar-refractivity contribution in [2.24, 2.45) is 0 Å². The molecule has 25 heavy (non-hydrogen) atoms. The third kappa shape index (κ3) is 5.60. The molecule has 0 spiro atoms. The molecule has 1 aromatic heterocycles. The normalized spacial score (nSPS) is 12.6. The highest BCUT2D eigenvalue weighted by Gasteiger charge is 2.05. The van der Waals surface area contributed by atoms with Crippen LogP contribution >= 0.6 is 17.8 Å². The van der Waals surface area contributed by atoms with Gasteiger partial charge in [0.15, 0.2) is 0 Å². The molecule has 2 unspecified atom stereocenters. The Bertz CT molecular complexity index is 814. The fourth-order valence-electron chi connectivity index (χ4n) is 2.53. The van der Waals surface area contributed by atoms with E-state index in [4.69, 9.17) is 0 Å². The lowest BCUT2D eigenvalue weighted by atomic mass is 10.1. The van der Waals surface area contributed by atoms with E-state index in [2.05, 4.69) is 83.7 Å². The molecule has 2 aromatic rings.